The highest BCUT2D eigenvalue weighted by Gasteiger charge is 2.23. The number of aliphatic carboxylic acids is 1. The Kier molecular flexibility index (Phi) is 3.51. The van der Waals surface area contributed by atoms with E-state index in [1.165, 1.54) is 5.56 Å². The molecule has 0 aromatic heterocycles. The van der Waals surface area contributed by atoms with Crippen LogP contribution in [0, 0.1) is 0 Å². The van der Waals surface area contributed by atoms with Crippen molar-refractivity contribution >= 4 is 17.7 Å². The van der Waals surface area contributed by atoms with Gasteiger partial charge in [-0.25, -0.2) is 0 Å². The molecule has 0 spiro atoms. The van der Waals surface area contributed by atoms with Crippen molar-refractivity contribution in [2.75, 3.05) is 11.5 Å². The van der Waals surface area contributed by atoms with E-state index in [0.29, 0.717) is 12.3 Å². The highest BCUT2D eigenvalue weighted by atomic mass is 32.2. The number of carbonyl (C=O) groups is 1. The minimum atomic E-state index is -0.933. The summed E-state index contributed by atoms with van der Waals surface area (Å²) in [6.45, 7) is 0. The van der Waals surface area contributed by atoms with E-state index in [1.54, 1.807) is 0 Å². The molecule has 2 rings (SSSR count). The standard InChI is InChI=1S/C12H15NO2S/c13-11(12(14)15)5-8-3-1-2-4-10(8)9-6-16-7-9/h1-4,9,11H,5-7,13H2,(H,14,15). The summed E-state index contributed by atoms with van der Waals surface area (Å²) in [6, 6.07) is 7.23. The fourth-order valence-corrected chi connectivity index (χ4v) is 2.69. The van der Waals surface area contributed by atoms with E-state index in [0.717, 1.165) is 17.1 Å². The molecule has 1 heterocycles. The molecule has 3 N–H and O–H groups in total. The van der Waals surface area contributed by atoms with Crippen molar-refractivity contribution in [2.45, 2.75) is 18.4 Å². The Balaban J connectivity index is 2.16. The lowest BCUT2D eigenvalue weighted by Crippen LogP contribution is -2.33. The largest absolute Gasteiger partial charge is 0.480 e. The van der Waals surface area contributed by atoms with Gasteiger partial charge in [-0.15, -0.1) is 0 Å². The lowest BCUT2D eigenvalue weighted by molar-refractivity contribution is -0.138. The average molecular weight is 237 g/mol. The first-order chi connectivity index (χ1) is 7.68. The molecular formula is C12H15NO2S. The summed E-state index contributed by atoms with van der Waals surface area (Å²) in [7, 11) is 0. The predicted octanol–water partition coefficient (Wildman–Crippen LogP) is 1.47. The third kappa shape index (κ3) is 2.39. The molecule has 1 atom stereocenters. The molecule has 1 saturated heterocycles. The maximum absolute atomic E-state index is 10.7. The van der Waals surface area contributed by atoms with E-state index >= 15 is 0 Å². The van der Waals surface area contributed by atoms with Crippen LogP contribution >= 0.6 is 11.8 Å². The van der Waals surface area contributed by atoms with Crippen molar-refractivity contribution in [1.29, 1.82) is 0 Å². The molecule has 16 heavy (non-hydrogen) atoms. The summed E-state index contributed by atoms with van der Waals surface area (Å²) >= 11 is 1.93. The fourth-order valence-electron chi connectivity index (χ4n) is 1.86. The first-order valence-corrected chi connectivity index (χ1v) is 6.48. The van der Waals surface area contributed by atoms with Crippen LogP contribution in [0.15, 0.2) is 24.3 Å². The van der Waals surface area contributed by atoms with Gasteiger partial charge >= 0.3 is 5.97 Å². The molecular weight excluding hydrogens is 222 g/mol. The second kappa shape index (κ2) is 4.89. The number of hydrogen-bond donors (Lipinski definition) is 2. The van der Waals surface area contributed by atoms with Gasteiger partial charge in [0.15, 0.2) is 0 Å². The van der Waals surface area contributed by atoms with Crippen LogP contribution in [0.2, 0.25) is 0 Å². The van der Waals surface area contributed by atoms with E-state index in [-0.39, 0.29) is 0 Å². The highest BCUT2D eigenvalue weighted by molar-refractivity contribution is 8.00. The molecule has 1 fully saturated rings. The zero-order chi connectivity index (χ0) is 11.5. The molecule has 1 unspecified atom stereocenters. The summed E-state index contributed by atoms with van der Waals surface area (Å²) in [5.74, 6) is 1.93. The molecule has 1 aromatic carbocycles. The Morgan fingerprint density at radius 2 is 2.19 bits per heavy atom. The minimum Gasteiger partial charge on any atom is -0.480 e. The highest BCUT2D eigenvalue weighted by Crippen LogP contribution is 2.35. The smallest absolute Gasteiger partial charge is 0.320 e. The number of benzene rings is 1. The van der Waals surface area contributed by atoms with E-state index in [1.807, 2.05) is 30.0 Å². The summed E-state index contributed by atoms with van der Waals surface area (Å²) in [5, 5.41) is 8.81. The zero-order valence-electron chi connectivity index (χ0n) is 8.93. The number of carboxylic acids is 1. The third-order valence-electron chi connectivity index (χ3n) is 2.89. The molecule has 4 heteroatoms. The van der Waals surface area contributed by atoms with Crippen LogP contribution in [0.1, 0.15) is 17.0 Å². The van der Waals surface area contributed by atoms with Crippen molar-refractivity contribution in [1.82, 2.24) is 0 Å². The van der Waals surface area contributed by atoms with Crippen molar-refractivity contribution in [3.8, 4) is 0 Å². The summed E-state index contributed by atoms with van der Waals surface area (Å²) in [5.41, 5.74) is 7.93. The van der Waals surface area contributed by atoms with Crippen LogP contribution in [0.4, 0.5) is 0 Å². The summed E-state index contributed by atoms with van der Waals surface area (Å²) in [6.07, 6.45) is 0.423. The fraction of sp³-hybridized carbons (Fsp3) is 0.417. The summed E-state index contributed by atoms with van der Waals surface area (Å²) in [4.78, 5) is 10.7. The molecule has 0 bridgehead atoms. The van der Waals surface area contributed by atoms with Crippen molar-refractivity contribution in [3.05, 3.63) is 35.4 Å². The Bertz CT molecular complexity index is 390. The molecule has 3 nitrogen and oxygen atoms in total. The number of nitrogens with two attached hydrogens (primary N) is 1. The number of rotatable bonds is 4. The topological polar surface area (TPSA) is 63.3 Å². The van der Waals surface area contributed by atoms with E-state index in [2.05, 4.69) is 6.07 Å². The first kappa shape index (κ1) is 11.5. The van der Waals surface area contributed by atoms with Gasteiger partial charge < -0.3 is 10.8 Å². The number of thioether (sulfide) groups is 1. The second-order valence-electron chi connectivity index (χ2n) is 4.08. The lowest BCUT2D eigenvalue weighted by atomic mass is 9.93. The van der Waals surface area contributed by atoms with Gasteiger partial charge in [-0.05, 0) is 17.5 Å². The third-order valence-corrected chi connectivity index (χ3v) is 4.17. The molecule has 0 radical (unpaired) electrons. The zero-order valence-corrected chi connectivity index (χ0v) is 9.74. The van der Waals surface area contributed by atoms with Crippen LogP contribution in [0.5, 0.6) is 0 Å². The van der Waals surface area contributed by atoms with Crippen LogP contribution in [0.3, 0.4) is 0 Å². The molecule has 0 amide bonds. The van der Waals surface area contributed by atoms with Crippen molar-refractivity contribution < 1.29 is 9.90 Å². The van der Waals surface area contributed by atoms with Gasteiger partial charge in [-0.1, -0.05) is 24.3 Å². The van der Waals surface area contributed by atoms with E-state index in [9.17, 15) is 4.79 Å². The van der Waals surface area contributed by atoms with Crippen molar-refractivity contribution in [2.24, 2.45) is 5.73 Å². The molecule has 1 aliphatic rings. The van der Waals surface area contributed by atoms with Crippen molar-refractivity contribution in [3.63, 3.8) is 0 Å². The van der Waals surface area contributed by atoms with Gasteiger partial charge in [0, 0.05) is 17.4 Å². The van der Waals surface area contributed by atoms with Gasteiger partial charge in [0.05, 0.1) is 0 Å². The van der Waals surface area contributed by atoms with Gasteiger partial charge in [0.25, 0.3) is 0 Å². The molecule has 0 aliphatic carbocycles. The van der Waals surface area contributed by atoms with Gasteiger partial charge in [0.2, 0.25) is 0 Å². The van der Waals surface area contributed by atoms with Gasteiger partial charge in [0.1, 0.15) is 6.04 Å². The number of hydrogen-bond acceptors (Lipinski definition) is 3. The Labute approximate surface area is 99.0 Å². The molecule has 86 valence electrons. The molecule has 0 saturated carbocycles. The van der Waals surface area contributed by atoms with Gasteiger partial charge in [-0.2, -0.15) is 11.8 Å². The summed E-state index contributed by atoms with van der Waals surface area (Å²) < 4.78 is 0. The van der Waals surface area contributed by atoms with Crippen LogP contribution in [0.25, 0.3) is 0 Å². The van der Waals surface area contributed by atoms with Crippen LogP contribution < -0.4 is 5.73 Å². The SMILES string of the molecule is NC(Cc1ccccc1C1CSC1)C(=O)O. The maximum Gasteiger partial charge on any atom is 0.320 e. The Hall–Kier alpha value is -1.00. The maximum atomic E-state index is 10.7. The van der Waals surface area contributed by atoms with E-state index < -0.39 is 12.0 Å². The molecule has 1 aromatic rings. The van der Waals surface area contributed by atoms with Crippen LogP contribution in [-0.4, -0.2) is 28.6 Å². The quantitative estimate of drug-likeness (QED) is 0.832. The predicted molar refractivity (Wildman–Crippen MR) is 65.8 cm³/mol. The monoisotopic (exact) mass is 237 g/mol. The second-order valence-corrected chi connectivity index (χ2v) is 5.16. The van der Waals surface area contributed by atoms with Crippen LogP contribution in [-0.2, 0) is 11.2 Å². The lowest BCUT2D eigenvalue weighted by Gasteiger charge is -2.27. The number of carboxylic acid groups (broad SMARTS) is 1. The first-order valence-electron chi connectivity index (χ1n) is 5.32. The average Bonchev–Trinajstić information content (AvgIpc) is 2.18. The normalized spacial score (nSPS) is 17.8. The van der Waals surface area contributed by atoms with Gasteiger partial charge in [-0.3, -0.25) is 4.79 Å². The Morgan fingerprint density at radius 1 is 1.50 bits per heavy atom. The molecule has 1 aliphatic heterocycles. The minimum absolute atomic E-state index is 0.423. The van der Waals surface area contributed by atoms with E-state index in [4.69, 9.17) is 10.8 Å². The Morgan fingerprint density at radius 3 is 2.75 bits per heavy atom.